The molecule has 1 aromatic carbocycles. The molecule has 0 aliphatic carbocycles. The first-order valence-corrected chi connectivity index (χ1v) is 8.82. The Morgan fingerprint density at radius 3 is 2.71 bits per heavy atom. The molecule has 1 aliphatic rings. The van der Waals surface area contributed by atoms with Crippen LogP contribution in [0, 0.1) is 6.92 Å². The van der Waals surface area contributed by atoms with Crippen molar-refractivity contribution in [3.8, 4) is 0 Å². The minimum Gasteiger partial charge on any atom is -0.395 e. The maximum atomic E-state index is 12.7. The number of fused-ring (bicyclic) bond motifs is 1. The number of amides is 1. The normalized spacial score (nSPS) is 17.4. The summed E-state index contributed by atoms with van der Waals surface area (Å²) in [7, 11) is 0. The zero-order valence-corrected chi connectivity index (χ0v) is 14.6. The Hall–Kier alpha value is -1.85. The SMILES string of the molecule is CCC(CO)N1CCN(C(=O)Cc2c[nH]c3cccc(C)c23)CC1. The van der Waals surface area contributed by atoms with E-state index in [-0.39, 0.29) is 18.6 Å². The highest BCUT2D eigenvalue weighted by atomic mass is 16.3. The van der Waals surface area contributed by atoms with E-state index in [0.29, 0.717) is 6.42 Å². The van der Waals surface area contributed by atoms with Gasteiger partial charge in [0.05, 0.1) is 13.0 Å². The number of H-pyrrole nitrogens is 1. The summed E-state index contributed by atoms with van der Waals surface area (Å²) in [6, 6.07) is 6.39. The molecule has 1 aliphatic heterocycles. The molecule has 1 aromatic heterocycles. The molecule has 2 heterocycles. The lowest BCUT2D eigenvalue weighted by Crippen LogP contribution is -2.53. The third kappa shape index (κ3) is 3.32. The van der Waals surface area contributed by atoms with Gasteiger partial charge in [-0.05, 0) is 30.5 Å². The Bertz CT molecular complexity index is 698. The number of aliphatic hydroxyl groups excluding tert-OH is 1. The van der Waals surface area contributed by atoms with Crippen LogP contribution in [0.4, 0.5) is 0 Å². The molecular weight excluding hydrogens is 302 g/mol. The molecule has 1 unspecified atom stereocenters. The van der Waals surface area contributed by atoms with Crippen LogP contribution in [0.15, 0.2) is 24.4 Å². The van der Waals surface area contributed by atoms with Crippen LogP contribution in [0.25, 0.3) is 10.9 Å². The molecule has 0 radical (unpaired) electrons. The van der Waals surface area contributed by atoms with Crippen LogP contribution in [-0.2, 0) is 11.2 Å². The Morgan fingerprint density at radius 1 is 1.29 bits per heavy atom. The van der Waals surface area contributed by atoms with E-state index in [9.17, 15) is 9.90 Å². The van der Waals surface area contributed by atoms with Gasteiger partial charge < -0.3 is 15.0 Å². The van der Waals surface area contributed by atoms with E-state index in [2.05, 4.69) is 35.9 Å². The van der Waals surface area contributed by atoms with Gasteiger partial charge in [-0.15, -0.1) is 0 Å². The average molecular weight is 329 g/mol. The molecule has 2 N–H and O–H groups in total. The highest BCUT2D eigenvalue weighted by molar-refractivity contribution is 5.91. The second-order valence-corrected chi connectivity index (χ2v) is 6.65. The fourth-order valence-corrected chi connectivity index (χ4v) is 3.70. The standard InChI is InChI=1S/C19H27N3O2/c1-3-16(13-23)21-7-9-22(10-8-21)18(24)11-15-12-20-17-6-4-5-14(2)19(15)17/h4-6,12,16,20,23H,3,7-11,13H2,1-2H3. The zero-order valence-electron chi connectivity index (χ0n) is 14.6. The molecule has 0 bridgehead atoms. The minimum absolute atomic E-state index is 0.191. The lowest BCUT2D eigenvalue weighted by Gasteiger charge is -2.38. The van der Waals surface area contributed by atoms with Gasteiger partial charge >= 0.3 is 0 Å². The van der Waals surface area contributed by atoms with Crippen LogP contribution in [0.1, 0.15) is 24.5 Å². The van der Waals surface area contributed by atoms with Crippen LogP contribution < -0.4 is 0 Å². The van der Waals surface area contributed by atoms with Crippen molar-refractivity contribution in [2.75, 3.05) is 32.8 Å². The van der Waals surface area contributed by atoms with Crippen molar-refractivity contribution in [1.29, 1.82) is 0 Å². The summed E-state index contributed by atoms with van der Waals surface area (Å²) in [6.07, 6.45) is 3.35. The summed E-state index contributed by atoms with van der Waals surface area (Å²) in [6.45, 7) is 7.56. The summed E-state index contributed by atoms with van der Waals surface area (Å²) < 4.78 is 0. The number of aryl methyl sites for hydroxylation is 1. The van der Waals surface area contributed by atoms with Crippen LogP contribution in [0.5, 0.6) is 0 Å². The molecule has 130 valence electrons. The Morgan fingerprint density at radius 2 is 2.04 bits per heavy atom. The van der Waals surface area contributed by atoms with E-state index in [1.54, 1.807) is 0 Å². The number of aromatic nitrogens is 1. The van der Waals surface area contributed by atoms with Gasteiger partial charge in [-0.1, -0.05) is 19.1 Å². The molecule has 1 fully saturated rings. The van der Waals surface area contributed by atoms with Gasteiger partial charge in [0.2, 0.25) is 5.91 Å². The van der Waals surface area contributed by atoms with Crippen molar-refractivity contribution in [2.24, 2.45) is 0 Å². The number of carbonyl (C=O) groups is 1. The van der Waals surface area contributed by atoms with Gasteiger partial charge in [-0.3, -0.25) is 9.69 Å². The van der Waals surface area contributed by atoms with Crippen molar-refractivity contribution < 1.29 is 9.90 Å². The van der Waals surface area contributed by atoms with E-state index < -0.39 is 0 Å². The summed E-state index contributed by atoms with van der Waals surface area (Å²) in [4.78, 5) is 20.2. The topological polar surface area (TPSA) is 59.6 Å². The fraction of sp³-hybridized carbons (Fsp3) is 0.526. The molecule has 0 saturated carbocycles. The molecule has 0 spiro atoms. The molecule has 5 nitrogen and oxygen atoms in total. The lowest BCUT2D eigenvalue weighted by atomic mass is 10.0. The number of piperazine rings is 1. The maximum absolute atomic E-state index is 12.7. The predicted octanol–water partition coefficient (Wildman–Crippen LogP) is 1.93. The number of aromatic amines is 1. The van der Waals surface area contributed by atoms with E-state index in [0.717, 1.165) is 43.7 Å². The molecule has 1 saturated heterocycles. The van der Waals surface area contributed by atoms with E-state index in [4.69, 9.17) is 0 Å². The van der Waals surface area contributed by atoms with Gasteiger partial charge in [0.1, 0.15) is 0 Å². The number of nitrogens with zero attached hydrogens (tertiary/aromatic N) is 2. The summed E-state index contributed by atoms with van der Waals surface area (Å²) in [5, 5.41) is 10.6. The second kappa shape index (κ2) is 7.36. The number of carbonyl (C=O) groups excluding carboxylic acids is 1. The van der Waals surface area contributed by atoms with Gasteiger partial charge in [0, 0.05) is 49.3 Å². The highest BCUT2D eigenvalue weighted by Crippen LogP contribution is 2.23. The van der Waals surface area contributed by atoms with Crippen molar-refractivity contribution in [2.45, 2.75) is 32.7 Å². The molecular formula is C19H27N3O2. The van der Waals surface area contributed by atoms with Crippen molar-refractivity contribution >= 4 is 16.8 Å². The number of rotatable bonds is 5. The van der Waals surface area contributed by atoms with Crippen LogP contribution in [-0.4, -0.2) is 64.6 Å². The van der Waals surface area contributed by atoms with E-state index in [1.807, 2.05) is 17.2 Å². The van der Waals surface area contributed by atoms with Crippen molar-refractivity contribution in [1.82, 2.24) is 14.8 Å². The first-order chi connectivity index (χ1) is 11.6. The zero-order chi connectivity index (χ0) is 17.1. The van der Waals surface area contributed by atoms with Crippen LogP contribution in [0.2, 0.25) is 0 Å². The smallest absolute Gasteiger partial charge is 0.227 e. The van der Waals surface area contributed by atoms with E-state index >= 15 is 0 Å². The first kappa shape index (κ1) is 17.0. The van der Waals surface area contributed by atoms with Gasteiger partial charge in [0.25, 0.3) is 0 Å². The Kier molecular flexibility index (Phi) is 5.21. The van der Waals surface area contributed by atoms with Gasteiger partial charge in [-0.25, -0.2) is 0 Å². The molecule has 3 rings (SSSR count). The van der Waals surface area contributed by atoms with Gasteiger partial charge in [-0.2, -0.15) is 0 Å². The first-order valence-electron chi connectivity index (χ1n) is 8.82. The largest absolute Gasteiger partial charge is 0.395 e. The Labute approximate surface area is 143 Å². The molecule has 1 amide bonds. The van der Waals surface area contributed by atoms with Crippen molar-refractivity contribution in [3.05, 3.63) is 35.5 Å². The number of hydrogen-bond donors (Lipinski definition) is 2. The van der Waals surface area contributed by atoms with Crippen molar-refractivity contribution in [3.63, 3.8) is 0 Å². The molecule has 5 heteroatoms. The number of nitrogens with one attached hydrogen (secondary N) is 1. The second-order valence-electron chi connectivity index (χ2n) is 6.65. The average Bonchev–Trinajstić information content (AvgIpc) is 3.01. The molecule has 1 atom stereocenters. The van der Waals surface area contributed by atoms with Gasteiger partial charge in [0.15, 0.2) is 0 Å². The molecule has 24 heavy (non-hydrogen) atoms. The summed E-state index contributed by atoms with van der Waals surface area (Å²) in [5.74, 6) is 0.191. The number of aliphatic hydroxyl groups is 1. The highest BCUT2D eigenvalue weighted by Gasteiger charge is 2.25. The Balaban J connectivity index is 1.64. The number of benzene rings is 1. The third-order valence-corrected chi connectivity index (χ3v) is 5.20. The third-order valence-electron chi connectivity index (χ3n) is 5.20. The summed E-state index contributed by atoms with van der Waals surface area (Å²) in [5.41, 5.74) is 3.38. The number of hydrogen-bond acceptors (Lipinski definition) is 3. The lowest BCUT2D eigenvalue weighted by molar-refractivity contribution is -0.132. The summed E-state index contributed by atoms with van der Waals surface area (Å²) >= 11 is 0. The predicted molar refractivity (Wildman–Crippen MR) is 96.1 cm³/mol. The monoisotopic (exact) mass is 329 g/mol. The van der Waals surface area contributed by atoms with Crippen LogP contribution in [0.3, 0.4) is 0 Å². The molecule has 2 aromatic rings. The maximum Gasteiger partial charge on any atom is 0.227 e. The quantitative estimate of drug-likeness (QED) is 0.881. The van der Waals surface area contributed by atoms with E-state index in [1.165, 1.54) is 10.9 Å². The minimum atomic E-state index is 0.191. The fourth-order valence-electron chi connectivity index (χ4n) is 3.70. The van der Waals surface area contributed by atoms with Crippen LogP contribution >= 0.6 is 0 Å².